The van der Waals surface area contributed by atoms with Crippen molar-refractivity contribution in [1.82, 2.24) is 10.3 Å². The Balaban J connectivity index is 1.86. The molecular weight excluding hydrogens is 264 g/mol. The van der Waals surface area contributed by atoms with E-state index in [0.29, 0.717) is 0 Å². The van der Waals surface area contributed by atoms with Crippen LogP contribution in [-0.4, -0.2) is 22.6 Å². The highest BCUT2D eigenvalue weighted by Crippen LogP contribution is 2.11. The van der Waals surface area contributed by atoms with Gasteiger partial charge in [-0.3, -0.25) is 4.98 Å². The van der Waals surface area contributed by atoms with Crippen molar-refractivity contribution < 1.29 is 5.21 Å². The number of benzene rings is 1. The number of aryl methyl sites for hydroxylation is 1. The molecule has 4 N–H and O–H groups in total. The molecule has 2 rings (SSSR count). The van der Waals surface area contributed by atoms with Crippen LogP contribution in [0.3, 0.4) is 0 Å². The van der Waals surface area contributed by atoms with E-state index in [9.17, 15) is 0 Å². The molecule has 0 radical (unpaired) electrons. The first-order valence-electron chi connectivity index (χ1n) is 6.87. The summed E-state index contributed by atoms with van der Waals surface area (Å²) in [6.07, 6.45) is 4.60. The molecule has 0 fully saturated rings. The lowest BCUT2D eigenvalue weighted by Gasteiger charge is -2.09. The summed E-state index contributed by atoms with van der Waals surface area (Å²) < 4.78 is 0. The third-order valence-corrected chi connectivity index (χ3v) is 3.40. The first-order valence-corrected chi connectivity index (χ1v) is 6.87. The van der Waals surface area contributed by atoms with Gasteiger partial charge >= 0.3 is 0 Å². The summed E-state index contributed by atoms with van der Waals surface area (Å²) in [6, 6.07) is 9.84. The number of hydrogen-bond donors (Lipinski definition) is 3. The summed E-state index contributed by atoms with van der Waals surface area (Å²) in [5.74, 6) is 0.135. The van der Waals surface area contributed by atoms with Crippen LogP contribution in [0.25, 0.3) is 0 Å². The molecule has 0 saturated carbocycles. The summed E-state index contributed by atoms with van der Waals surface area (Å²) in [7, 11) is 0. The second-order valence-corrected chi connectivity index (χ2v) is 4.91. The summed E-state index contributed by atoms with van der Waals surface area (Å²) in [4.78, 5) is 4.00. The van der Waals surface area contributed by atoms with Crippen LogP contribution in [0.4, 0.5) is 0 Å². The predicted molar refractivity (Wildman–Crippen MR) is 83.3 cm³/mol. The smallest absolute Gasteiger partial charge is 0.170 e. The maximum absolute atomic E-state index is 8.68. The highest BCUT2D eigenvalue weighted by Gasteiger charge is 2.03. The first kappa shape index (κ1) is 15.0. The van der Waals surface area contributed by atoms with Crippen LogP contribution in [0.15, 0.2) is 47.9 Å². The van der Waals surface area contributed by atoms with Crippen LogP contribution >= 0.6 is 0 Å². The number of nitrogens with one attached hydrogen (secondary N) is 1. The maximum atomic E-state index is 8.68. The van der Waals surface area contributed by atoms with E-state index in [1.807, 2.05) is 49.6 Å². The van der Waals surface area contributed by atoms with Crippen molar-refractivity contribution in [3.63, 3.8) is 0 Å². The Labute approximate surface area is 124 Å². The lowest BCUT2D eigenvalue weighted by molar-refractivity contribution is 0.318. The monoisotopic (exact) mass is 284 g/mol. The Kier molecular flexibility index (Phi) is 5.29. The topological polar surface area (TPSA) is 83.5 Å². The van der Waals surface area contributed by atoms with Crippen molar-refractivity contribution in [1.29, 1.82) is 0 Å². The number of hydrogen-bond acceptors (Lipinski definition) is 4. The fraction of sp³-hybridized carbons (Fsp3) is 0.250. The van der Waals surface area contributed by atoms with Crippen LogP contribution in [0.2, 0.25) is 0 Å². The van der Waals surface area contributed by atoms with Gasteiger partial charge in [0.05, 0.1) is 0 Å². The van der Waals surface area contributed by atoms with Gasteiger partial charge in [-0.2, -0.15) is 0 Å². The summed E-state index contributed by atoms with van der Waals surface area (Å²) >= 11 is 0. The number of nitrogens with two attached hydrogens (primary N) is 1. The minimum Gasteiger partial charge on any atom is -0.409 e. The molecule has 0 aliphatic carbocycles. The van der Waals surface area contributed by atoms with E-state index >= 15 is 0 Å². The van der Waals surface area contributed by atoms with Crippen LogP contribution < -0.4 is 11.1 Å². The number of oxime groups is 1. The van der Waals surface area contributed by atoms with Crippen molar-refractivity contribution >= 4 is 5.84 Å². The average Bonchev–Trinajstić information content (AvgIpc) is 2.53. The van der Waals surface area contributed by atoms with Gasteiger partial charge in [-0.25, -0.2) is 0 Å². The van der Waals surface area contributed by atoms with E-state index < -0.39 is 0 Å². The molecule has 0 spiro atoms. The fourth-order valence-corrected chi connectivity index (χ4v) is 2.12. The minimum absolute atomic E-state index is 0.135. The Morgan fingerprint density at radius 3 is 2.71 bits per heavy atom. The molecule has 1 aromatic carbocycles. The minimum atomic E-state index is 0.135. The second kappa shape index (κ2) is 7.40. The van der Waals surface area contributed by atoms with Crippen molar-refractivity contribution in [2.75, 3.05) is 6.54 Å². The number of pyridine rings is 1. The fourth-order valence-electron chi connectivity index (χ4n) is 2.12. The summed E-state index contributed by atoms with van der Waals surface area (Å²) in [5.41, 5.74) is 9.91. The zero-order valence-electron chi connectivity index (χ0n) is 12.1. The van der Waals surface area contributed by atoms with Gasteiger partial charge in [0.1, 0.15) is 0 Å². The molecule has 110 valence electrons. The molecule has 0 aliphatic rings. The Bertz CT molecular complexity index is 611. The standard InChI is InChI=1S/C16H20N4O/c1-12-10-14(16(17)20-21)2-3-15(12)11-19-9-6-13-4-7-18-8-5-13/h2-5,7-8,10,19,21H,6,9,11H2,1H3,(H2,17,20). The molecule has 0 aliphatic heterocycles. The molecule has 0 atom stereocenters. The number of rotatable bonds is 6. The number of nitrogens with zero attached hydrogens (tertiary/aromatic N) is 2. The molecular formula is C16H20N4O. The first-order chi connectivity index (χ1) is 10.2. The van der Waals surface area contributed by atoms with Crippen LogP contribution in [0.1, 0.15) is 22.3 Å². The van der Waals surface area contributed by atoms with Crippen molar-refractivity contribution in [2.24, 2.45) is 10.9 Å². The quantitative estimate of drug-likeness (QED) is 0.248. The van der Waals surface area contributed by atoms with Gasteiger partial charge in [0, 0.05) is 24.5 Å². The molecule has 0 bridgehead atoms. The van der Waals surface area contributed by atoms with Gasteiger partial charge in [0.25, 0.3) is 0 Å². The lowest BCUT2D eigenvalue weighted by Crippen LogP contribution is -2.18. The Morgan fingerprint density at radius 2 is 2.05 bits per heavy atom. The van der Waals surface area contributed by atoms with Crippen molar-refractivity contribution in [3.05, 3.63) is 65.0 Å². The van der Waals surface area contributed by atoms with Crippen molar-refractivity contribution in [3.8, 4) is 0 Å². The molecule has 5 nitrogen and oxygen atoms in total. The van der Waals surface area contributed by atoms with Crippen LogP contribution in [-0.2, 0) is 13.0 Å². The highest BCUT2D eigenvalue weighted by molar-refractivity contribution is 5.97. The number of aromatic nitrogens is 1. The maximum Gasteiger partial charge on any atom is 0.170 e. The van der Waals surface area contributed by atoms with Crippen LogP contribution in [0.5, 0.6) is 0 Å². The third kappa shape index (κ3) is 4.29. The Hall–Kier alpha value is -2.40. The van der Waals surface area contributed by atoms with Gasteiger partial charge in [-0.05, 0) is 54.8 Å². The van der Waals surface area contributed by atoms with E-state index in [4.69, 9.17) is 10.9 Å². The molecule has 5 heteroatoms. The molecule has 0 amide bonds. The van der Waals surface area contributed by atoms with Gasteiger partial charge in [0.2, 0.25) is 0 Å². The summed E-state index contributed by atoms with van der Waals surface area (Å²) in [6.45, 7) is 3.73. The molecule has 2 aromatic rings. The second-order valence-electron chi connectivity index (χ2n) is 4.91. The van der Waals surface area contributed by atoms with Crippen LogP contribution in [0, 0.1) is 6.92 Å². The van der Waals surface area contributed by atoms with E-state index in [0.717, 1.165) is 30.6 Å². The molecule has 1 heterocycles. The molecule has 1 aromatic heterocycles. The zero-order valence-corrected chi connectivity index (χ0v) is 12.1. The predicted octanol–water partition coefficient (Wildman–Crippen LogP) is 1.82. The van der Waals surface area contributed by atoms with E-state index in [2.05, 4.69) is 15.5 Å². The average molecular weight is 284 g/mol. The molecule has 0 unspecified atom stereocenters. The molecule has 0 saturated heterocycles. The molecule has 21 heavy (non-hydrogen) atoms. The van der Waals surface area contributed by atoms with Gasteiger partial charge < -0.3 is 16.3 Å². The normalized spacial score (nSPS) is 11.6. The van der Waals surface area contributed by atoms with Gasteiger partial charge in [0.15, 0.2) is 5.84 Å². The SMILES string of the molecule is Cc1cc(/C(N)=N/O)ccc1CNCCc1ccncc1. The van der Waals surface area contributed by atoms with Crippen molar-refractivity contribution in [2.45, 2.75) is 19.9 Å². The lowest BCUT2D eigenvalue weighted by atomic mass is 10.0. The van der Waals surface area contributed by atoms with E-state index in [-0.39, 0.29) is 5.84 Å². The van der Waals surface area contributed by atoms with E-state index in [1.165, 1.54) is 11.1 Å². The largest absolute Gasteiger partial charge is 0.409 e. The zero-order chi connectivity index (χ0) is 15.1. The number of amidine groups is 1. The highest BCUT2D eigenvalue weighted by atomic mass is 16.4. The van der Waals surface area contributed by atoms with Gasteiger partial charge in [-0.1, -0.05) is 17.3 Å². The Morgan fingerprint density at radius 1 is 1.29 bits per heavy atom. The summed E-state index contributed by atoms with van der Waals surface area (Å²) in [5, 5.41) is 15.1. The van der Waals surface area contributed by atoms with Gasteiger partial charge in [-0.15, -0.1) is 0 Å². The van der Waals surface area contributed by atoms with E-state index in [1.54, 1.807) is 0 Å². The third-order valence-electron chi connectivity index (χ3n) is 3.40.